The number of benzene rings is 1. The van der Waals surface area contributed by atoms with Gasteiger partial charge in [0.25, 0.3) is 5.91 Å². The van der Waals surface area contributed by atoms with Gasteiger partial charge in [-0.2, -0.15) is 4.98 Å². The summed E-state index contributed by atoms with van der Waals surface area (Å²) < 4.78 is 0. The van der Waals surface area contributed by atoms with E-state index in [0.29, 0.717) is 41.8 Å². The number of carbonyl (C=O) groups is 3. The van der Waals surface area contributed by atoms with Gasteiger partial charge in [-0.05, 0) is 54.8 Å². The molecule has 0 saturated heterocycles. The van der Waals surface area contributed by atoms with Crippen molar-refractivity contribution in [2.75, 3.05) is 47.5 Å². The molecule has 0 atom stereocenters. The number of hydrogen-bond acceptors (Lipinski definition) is 8. The molecule has 0 aliphatic carbocycles. The topological polar surface area (TPSA) is 141 Å². The summed E-state index contributed by atoms with van der Waals surface area (Å²) in [6, 6.07) is 10.7. The van der Waals surface area contributed by atoms with Gasteiger partial charge in [0.15, 0.2) is 0 Å². The van der Waals surface area contributed by atoms with E-state index in [1.165, 1.54) is 11.1 Å². The second-order valence-corrected chi connectivity index (χ2v) is 8.29. The van der Waals surface area contributed by atoms with Gasteiger partial charge in [-0.25, -0.2) is 4.98 Å². The molecule has 0 bridgehead atoms. The number of anilines is 4. The summed E-state index contributed by atoms with van der Waals surface area (Å²) in [6.45, 7) is 6.47. The minimum atomic E-state index is -0.433. The van der Waals surface area contributed by atoms with Crippen molar-refractivity contribution in [3.63, 3.8) is 0 Å². The van der Waals surface area contributed by atoms with E-state index in [1.54, 1.807) is 43.7 Å². The van der Waals surface area contributed by atoms with Crippen molar-refractivity contribution in [2.24, 2.45) is 0 Å². The predicted octanol–water partition coefficient (Wildman–Crippen LogP) is 2.87. The normalized spacial score (nSPS) is 10.3. The molecule has 4 N–H and O–H groups in total. The van der Waals surface area contributed by atoms with Gasteiger partial charge < -0.3 is 26.2 Å². The van der Waals surface area contributed by atoms with Crippen LogP contribution in [0.5, 0.6) is 0 Å². The summed E-state index contributed by atoms with van der Waals surface area (Å²) in [7, 11) is 1.59. The highest BCUT2D eigenvalue weighted by Crippen LogP contribution is 2.21. The summed E-state index contributed by atoms with van der Waals surface area (Å²) in [5, 5.41) is 11.7. The predicted molar refractivity (Wildman–Crippen MR) is 148 cm³/mol. The van der Waals surface area contributed by atoms with Crippen LogP contribution in [0.4, 0.5) is 23.1 Å². The molecule has 38 heavy (non-hydrogen) atoms. The molecule has 0 saturated carbocycles. The van der Waals surface area contributed by atoms with E-state index in [-0.39, 0.29) is 12.5 Å². The Labute approximate surface area is 221 Å². The maximum absolute atomic E-state index is 13.1. The van der Waals surface area contributed by atoms with Crippen LogP contribution in [-0.2, 0) is 16.0 Å². The molecule has 0 spiro atoms. The zero-order chi connectivity index (χ0) is 27.3. The molecule has 198 valence electrons. The van der Waals surface area contributed by atoms with E-state index in [2.05, 4.69) is 42.8 Å². The Morgan fingerprint density at radius 2 is 1.87 bits per heavy atom. The first-order valence-electron chi connectivity index (χ1n) is 12.2. The molecule has 0 unspecified atom stereocenters. The smallest absolute Gasteiger partial charge is 0.260 e. The molecule has 0 aliphatic rings. The summed E-state index contributed by atoms with van der Waals surface area (Å²) in [4.78, 5) is 51.1. The highest BCUT2D eigenvalue weighted by atomic mass is 16.2. The van der Waals surface area contributed by atoms with Gasteiger partial charge in [-0.1, -0.05) is 19.6 Å². The Bertz CT molecular complexity index is 1270. The zero-order valence-corrected chi connectivity index (χ0v) is 21.5. The second kappa shape index (κ2) is 14.1. The second-order valence-electron chi connectivity index (χ2n) is 8.29. The van der Waals surface area contributed by atoms with Gasteiger partial charge in [0.1, 0.15) is 11.4 Å². The summed E-state index contributed by atoms with van der Waals surface area (Å²) in [6.07, 6.45) is 7.72. The van der Waals surface area contributed by atoms with Crippen LogP contribution in [0, 0.1) is 0 Å². The third kappa shape index (κ3) is 8.12. The van der Waals surface area contributed by atoms with Crippen LogP contribution in [0.3, 0.4) is 0 Å². The van der Waals surface area contributed by atoms with Crippen molar-refractivity contribution in [1.82, 2.24) is 20.3 Å². The van der Waals surface area contributed by atoms with Crippen molar-refractivity contribution < 1.29 is 14.4 Å². The molecule has 3 amide bonds. The zero-order valence-electron chi connectivity index (χ0n) is 21.5. The van der Waals surface area contributed by atoms with Gasteiger partial charge in [0.05, 0.1) is 6.54 Å². The van der Waals surface area contributed by atoms with Gasteiger partial charge >= 0.3 is 0 Å². The Morgan fingerprint density at radius 1 is 1.08 bits per heavy atom. The number of likely N-dealkylation sites (N-methyl/N-ethyl adjacent to an activating group) is 1. The lowest BCUT2D eigenvalue weighted by atomic mass is 10.2. The minimum Gasteiger partial charge on any atom is -0.369 e. The number of rotatable bonds is 13. The summed E-state index contributed by atoms with van der Waals surface area (Å²) in [5.41, 5.74) is 2.47. The van der Waals surface area contributed by atoms with Crippen LogP contribution in [0.25, 0.3) is 0 Å². The summed E-state index contributed by atoms with van der Waals surface area (Å²) >= 11 is 0. The molecule has 1 aromatic carbocycles. The van der Waals surface area contributed by atoms with Crippen LogP contribution >= 0.6 is 0 Å². The van der Waals surface area contributed by atoms with E-state index < -0.39 is 11.8 Å². The Kier molecular flexibility index (Phi) is 10.3. The molecule has 2 heterocycles. The summed E-state index contributed by atoms with van der Waals surface area (Å²) in [5.74, 6) is -0.309. The lowest BCUT2D eigenvalue weighted by Crippen LogP contribution is -2.37. The average Bonchev–Trinajstić information content (AvgIpc) is 2.94. The Hall–Kier alpha value is -4.80. The largest absolute Gasteiger partial charge is 0.369 e. The minimum absolute atomic E-state index is 0.176. The molecule has 0 radical (unpaired) electrons. The maximum atomic E-state index is 13.1. The number of pyridine rings is 1. The van der Waals surface area contributed by atoms with E-state index in [4.69, 9.17) is 0 Å². The first kappa shape index (κ1) is 27.8. The van der Waals surface area contributed by atoms with E-state index >= 15 is 0 Å². The fourth-order valence-electron chi connectivity index (χ4n) is 3.37. The van der Waals surface area contributed by atoms with Crippen molar-refractivity contribution in [2.45, 2.75) is 19.8 Å². The van der Waals surface area contributed by atoms with Crippen LogP contribution in [0.2, 0.25) is 0 Å². The maximum Gasteiger partial charge on any atom is 0.260 e. The van der Waals surface area contributed by atoms with Crippen molar-refractivity contribution >= 4 is 40.9 Å². The number of aromatic nitrogens is 3. The van der Waals surface area contributed by atoms with Gasteiger partial charge in [0.2, 0.25) is 17.8 Å². The number of nitrogens with one attached hydrogen (secondary N) is 4. The van der Waals surface area contributed by atoms with Crippen molar-refractivity contribution in [1.29, 1.82) is 0 Å². The van der Waals surface area contributed by atoms with Crippen molar-refractivity contribution in [3.8, 4) is 0 Å². The monoisotopic (exact) mass is 516 g/mol. The first-order chi connectivity index (χ1) is 18.4. The molecule has 0 fully saturated rings. The molecular weight excluding hydrogens is 484 g/mol. The highest BCUT2D eigenvalue weighted by molar-refractivity contribution is 6.07. The number of carbonyl (C=O) groups excluding carboxylic acids is 3. The molecule has 2 aromatic heterocycles. The van der Waals surface area contributed by atoms with Crippen LogP contribution in [0.15, 0.2) is 67.6 Å². The van der Waals surface area contributed by atoms with Gasteiger partial charge in [-0.3, -0.25) is 19.4 Å². The molecule has 11 nitrogen and oxygen atoms in total. The number of nitrogens with zero attached hydrogens (tertiary/aromatic N) is 4. The molecule has 0 aliphatic heterocycles. The number of hydrogen-bond donors (Lipinski definition) is 4. The molecular formula is C27H32N8O3. The van der Waals surface area contributed by atoms with Gasteiger partial charge in [0, 0.05) is 50.1 Å². The fraction of sp³-hybridized carbons (Fsp3) is 0.259. The Morgan fingerprint density at radius 3 is 2.61 bits per heavy atom. The third-order valence-corrected chi connectivity index (χ3v) is 5.49. The highest BCUT2D eigenvalue weighted by Gasteiger charge is 2.17. The van der Waals surface area contributed by atoms with E-state index in [0.717, 1.165) is 24.5 Å². The molecule has 3 rings (SSSR count). The van der Waals surface area contributed by atoms with Crippen molar-refractivity contribution in [3.05, 3.63) is 78.8 Å². The average molecular weight is 517 g/mol. The fourth-order valence-corrected chi connectivity index (χ4v) is 3.37. The van der Waals surface area contributed by atoms with Crippen LogP contribution in [-0.4, -0.2) is 59.4 Å². The first-order valence-corrected chi connectivity index (χ1v) is 12.2. The quantitative estimate of drug-likeness (QED) is 0.254. The lowest BCUT2D eigenvalue weighted by Gasteiger charge is -2.18. The molecule has 3 aromatic rings. The third-order valence-electron chi connectivity index (χ3n) is 5.49. The van der Waals surface area contributed by atoms with E-state index in [1.807, 2.05) is 19.1 Å². The van der Waals surface area contributed by atoms with Gasteiger partial charge in [-0.15, -0.1) is 0 Å². The van der Waals surface area contributed by atoms with Crippen LogP contribution in [0.1, 0.15) is 29.3 Å². The standard InChI is InChI=1S/C27H32N8O3/c1-4-12-29-25-22(17-32-27(34-25)30-15-11-19-9-13-28-14-10-19)26(38)33-20-7-6-8-21(16-20)35(3)24(37)18-31-23(36)5-2/h5-10,13-14,16-17H,2,4,11-12,15,18H2,1,3H3,(H,31,36)(H,33,38)(H2,29,30,32,34). The SMILES string of the molecule is C=CC(=O)NCC(=O)N(C)c1cccc(NC(=O)c2cnc(NCCc3ccncc3)nc2NCCC)c1. The Balaban J connectivity index is 1.68. The molecule has 11 heteroatoms. The lowest BCUT2D eigenvalue weighted by molar-refractivity contribution is -0.122. The van der Waals surface area contributed by atoms with E-state index in [9.17, 15) is 14.4 Å². The number of amides is 3. The van der Waals surface area contributed by atoms with Crippen LogP contribution < -0.4 is 26.2 Å².